The van der Waals surface area contributed by atoms with Crippen LogP contribution in [0.5, 0.6) is 0 Å². The standard InChI is InChI=1S/C13H18N2O4S/c1-15(13(18)14-7-8-20(2)19)9-10-3-5-11(6-4-10)12(16)17/h3-6H,7-9H2,1-2H3,(H,14,18)(H,16,17). The number of benzene rings is 1. The Morgan fingerprint density at radius 1 is 1.30 bits per heavy atom. The highest BCUT2D eigenvalue weighted by Crippen LogP contribution is 2.07. The third kappa shape index (κ3) is 5.40. The minimum absolute atomic E-state index is 0.214. The van der Waals surface area contributed by atoms with E-state index in [1.165, 1.54) is 17.0 Å². The zero-order valence-electron chi connectivity index (χ0n) is 11.5. The van der Waals surface area contributed by atoms with E-state index >= 15 is 0 Å². The number of carboxylic acids is 1. The number of urea groups is 1. The molecule has 0 aliphatic heterocycles. The third-order valence-corrected chi connectivity index (χ3v) is 3.41. The van der Waals surface area contributed by atoms with E-state index in [1.807, 2.05) is 0 Å². The van der Waals surface area contributed by atoms with Crippen molar-refractivity contribution in [1.29, 1.82) is 0 Å². The van der Waals surface area contributed by atoms with E-state index in [2.05, 4.69) is 5.32 Å². The number of aromatic carboxylic acids is 1. The predicted octanol–water partition coefficient (Wildman–Crippen LogP) is 0.905. The van der Waals surface area contributed by atoms with E-state index in [9.17, 15) is 13.8 Å². The molecular formula is C13H18N2O4S. The largest absolute Gasteiger partial charge is 0.478 e. The van der Waals surface area contributed by atoms with Crippen LogP contribution in [0, 0.1) is 0 Å². The van der Waals surface area contributed by atoms with E-state index in [4.69, 9.17) is 5.11 Å². The molecule has 1 aromatic rings. The van der Waals surface area contributed by atoms with Crippen LogP contribution in [0.2, 0.25) is 0 Å². The van der Waals surface area contributed by atoms with Crippen molar-refractivity contribution in [2.45, 2.75) is 6.54 Å². The fourth-order valence-electron chi connectivity index (χ4n) is 1.54. The summed E-state index contributed by atoms with van der Waals surface area (Å²) in [7, 11) is 0.713. The van der Waals surface area contributed by atoms with E-state index in [0.29, 0.717) is 18.8 Å². The zero-order valence-corrected chi connectivity index (χ0v) is 12.3. The first kappa shape index (κ1) is 16.2. The average Bonchev–Trinajstić information content (AvgIpc) is 2.38. The molecule has 7 heteroatoms. The fraction of sp³-hybridized carbons (Fsp3) is 0.385. The molecule has 0 bridgehead atoms. The summed E-state index contributed by atoms with van der Waals surface area (Å²) in [6.07, 6.45) is 1.58. The second-order valence-corrected chi connectivity index (χ2v) is 5.92. The van der Waals surface area contributed by atoms with Crippen molar-refractivity contribution in [3.8, 4) is 0 Å². The minimum Gasteiger partial charge on any atom is -0.478 e. The molecule has 0 aromatic heterocycles. The van der Waals surface area contributed by atoms with Gasteiger partial charge in [0.1, 0.15) is 0 Å². The second kappa shape index (κ2) is 7.64. The van der Waals surface area contributed by atoms with Crippen molar-refractivity contribution >= 4 is 22.8 Å². The molecule has 0 saturated carbocycles. The first-order valence-corrected chi connectivity index (χ1v) is 7.74. The van der Waals surface area contributed by atoms with Crippen LogP contribution in [0.25, 0.3) is 0 Å². The fourth-order valence-corrected chi connectivity index (χ4v) is 1.92. The van der Waals surface area contributed by atoms with E-state index in [0.717, 1.165) is 5.56 Å². The van der Waals surface area contributed by atoms with Crippen LogP contribution < -0.4 is 5.32 Å². The van der Waals surface area contributed by atoms with Crippen molar-refractivity contribution in [1.82, 2.24) is 10.2 Å². The SMILES string of the molecule is CN(Cc1ccc(C(=O)O)cc1)C(=O)NCCS(C)=O. The number of hydrogen-bond acceptors (Lipinski definition) is 3. The summed E-state index contributed by atoms with van der Waals surface area (Å²) in [6.45, 7) is 0.741. The maximum atomic E-state index is 11.7. The molecule has 0 saturated heterocycles. The summed E-state index contributed by atoms with van der Waals surface area (Å²) < 4.78 is 10.9. The first-order valence-electron chi connectivity index (χ1n) is 6.01. The Balaban J connectivity index is 2.48. The number of amides is 2. The predicted molar refractivity (Wildman–Crippen MR) is 77.2 cm³/mol. The summed E-state index contributed by atoms with van der Waals surface area (Å²) in [4.78, 5) is 23.9. The Hall–Kier alpha value is -1.89. The number of nitrogens with zero attached hydrogens (tertiary/aromatic N) is 1. The lowest BCUT2D eigenvalue weighted by atomic mass is 10.1. The summed E-state index contributed by atoms with van der Waals surface area (Å²) in [5.41, 5.74) is 1.05. The molecule has 0 heterocycles. The molecule has 0 aliphatic rings. The average molecular weight is 298 g/mol. The quantitative estimate of drug-likeness (QED) is 0.817. The molecule has 6 nitrogen and oxygen atoms in total. The van der Waals surface area contributed by atoms with Gasteiger partial charge in [-0.05, 0) is 17.7 Å². The van der Waals surface area contributed by atoms with Crippen molar-refractivity contribution in [3.05, 3.63) is 35.4 Å². The highest BCUT2D eigenvalue weighted by Gasteiger charge is 2.09. The number of hydrogen-bond donors (Lipinski definition) is 2. The molecule has 1 rings (SSSR count). The summed E-state index contributed by atoms with van der Waals surface area (Å²) >= 11 is 0. The smallest absolute Gasteiger partial charge is 0.335 e. The van der Waals surface area contributed by atoms with E-state index in [-0.39, 0.29) is 11.6 Å². The maximum Gasteiger partial charge on any atom is 0.335 e. The third-order valence-electron chi connectivity index (χ3n) is 2.63. The topological polar surface area (TPSA) is 86.7 Å². The number of carboxylic acid groups (broad SMARTS) is 1. The molecule has 1 aromatic carbocycles. The van der Waals surface area contributed by atoms with Gasteiger partial charge in [-0.2, -0.15) is 0 Å². The normalized spacial score (nSPS) is 11.7. The molecule has 2 N–H and O–H groups in total. The van der Waals surface area contributed by atoms with Crippen LogP contribution in [0.15, 0.2) is 24.3 Å². The van der Waals surface area contributed by atoms with Crippen LogP contribution in [-0.2, 0) is 17.3 Å². The van der Waals surface area contributed by atoms with Crippen LogP contribution in [-0.4, -0.2) is 51.8 Å². The Kier molecular flexibility index (Phi) is 6.17. The molecule has 1 atom stereocenters. The van der Waals surface area contributed by atoms with Gasteiger partial charge < -0.3 is 15.3 Å². The second-order valence-electron chi connectivity index (χ2n) is 4.37. The molecule has 0 spiro atoms. The Labute approximate surface area is 120 Å². The molecule has 110 valence electrons. The number of carbonyl (C=O) groups is 2. The monoisotopic (exact) mass is 298 g/mol. The molecule has 0 radical (unpaired) electrons. The molecule has 2 amide bonds. The van der Waals surface area contributed by atoms with Crippen molar-refractivity contribution in [3.63, 3.8) is 0 Å². The lowest BCUT2D eigenvalue weighted by molar-refractivity contribution is 0.0697. The molecule has 0 aliphatic carbocycles. The number of carbonyl (C=O) groups excluding carboxylic acids is 1. The minimum atomic E-state index is -0.977. The van der Waals surface area contributed by atoms with Gasteiger partial charge in [-0.3, -0.25) is 4.21 Å². The van der Waals surface area contributed by atoms with Gasteiger partial charge in [0.05, 0.1) is 5.56 Å². The highest BCUT2D eigenvalue weighted by atomic mass is 32.2. The Bertz CT molecular complexity index is 502. The maximum absolute atomic E-state index is 11.7. The van der Waals surface area contributed by atoms with E-state index < -0.39 is 16.8 Å². The van der Waals surface area contributed by atoms with Gasteiger partial charge in [-0.1, -0.05) is 12.1 Å². The summed E-state index contributed by atoms with van der Waals surface area (Å²) in [5, 5.41) is 11.5. The molecular weight excluding hydrogens is 280 g/mol. The van der Waals surface area contributed by atoms with Crippen LogP contribution in [0.1, 0.15) is 15.9 Å². The van der Waals surface area contributed by atoms with Gasteiger partial charge in [-0.15, -0.1) is 0 Å². The molecule has 20 heavy (non-hydrogen) atoms. The van der Waals surface area contributed by atoms with Gasteiger partial charge in [0.15, 0.2) is 0 Å². The summed E-state index contributed by atoms with van der Waals surface area (Å²) in [5.74, 6) is -0.553. The van der Waals surface area contributed by atoms with Crippen molar-refractivity contribution < 1.29 is 18.9 Å². The summed E-state index contributed by atoms with van der Waals surface area (Å²) in [6, 6.07) is 6.11. The van der Waals surface area contributed by atoms with Gasteiger partial charge in [0.25, 0.3) is 0 Å². The number of nitrogens with one attached hydrogen (secondary N) is 1. The van der Waals surface area contributed by atoms with Crippen molar-refractivity contribution in [2.75, 3.05) is 25.6 Å². The van der Waals surface area contributed by atoms with Crippen molar-refractivity contribution in [2.24, 2.45) is 0 Å². The highest BCUT2D eigenvalue weighted by molar-refractivity contribution is 7.84. The van der Waals surface area contributed by atoms with Gasteiger partial charge in [0, 0.05) is 42.9 Å². The molecule has 0 fully saturated rings. The lowest BCUT2D eigenvalue weighted by Crippen LogP contribution is -2.38. The van der Waals surface area contributed by atoms with Crippen LogP contribution >= 0.6 is 0 Å². The Morgan fingerprint density at radius 2 is 1.90 bits per heavy atom. The zero-order chi connectivity index (χ0) is 15.1. The van der Waals surface area contributed by atoms with Gasteiger partial charge >= 0.3 is 12.0 Å². The van der Waals surface area contributed by atoms with Gasteiger partial charge in [-0.25, -0.2) is 9.59 Å². The number of rotatable bonds is 6. The first-order chi connectivity index (χ1) is 9.40. The van der Waals surface area contributed by atoms with Crippen LogP contribution in [0.4, 0.5) is 4.79 Å². The van der Waals surface area contributed by atoms with E-state index in [1.54, 1.807) is 25.4 Å². The van der Waals surface area contributed by atoms with Gasteiger partial charge in [0.2, 0.25) is 0 Å². The van der Waals surface area contributed by atoms with Crippen LogP contribution in [0.3, 0.4) is 0 Å². The molecule has 1 unspecified atom stereocenters. The lowest BCUT2D eigenvalue weighted by Gasteiger charge is -2.18. The Morgan fingerprint density at radius 3 is 2.40 bits per heavy atom.